The Bertz CT molecular complexity index is 238. The van der Waals surface area contributed by atoms with Crippen LogP contribution < -0.4 is 0 Å². The molecule has 0 atom stereocenters. The molecule has 0 spiro atoms. The molecular weight excluding hydrogens is 173 g/mol. The van der Waals surface area contributed by atoms with E-state index in [-0.39, 0.29) is 0 Å². The number of halogens is 3. The lowest BCUT2D eigenvalue weighted by molar-refractivity contribution is 0.246. The summed E-state index contributed by atoms with van der Waals surface area (Å²) in [4.78, 5) is 0. The molecule has 7 heteroatoms. The van der Waals surface area contributed by atoms with Crippen LogP contribution >= 0.6 is 0 Å². The minimum absolute atomic E-state index is 0.454. The fourth-order valence-corrected chi connectivity index (χ4v) is 0.493. The molecule has 0 radical (unpaired) electrons. The van der Waals surface area contributed by atoms with E-state index in [0.717, 1.165) is 0 Å². The van der Waals surface area contributed by atoms with Crippen LogP contribution in [0.15, 0.2) is 12.1 Å². The van der Waals surface area contributed by atoms with E-state index in [1.165, 1.54) is 0 Å². The van der Waals surface area contributed by atoms with Crippen molar-refractivity contribution in [1.29, 1.82) is 0 Å². The second kappa shape index (κ2) is 2.91. The Balaban J connectivity index is 4.35. The predicted molar refractivity (Wildman–Crippen MR) is 26.3 cm³/mol. The molecule has 0 aromatic carbocycles. The average molecular weight is 176 g/mol. The van der Waals surface area contributed by atoms with Crippen molar-refractivity contribution in [2.45, 2.75) is 0 Å². The van der Waals surface area contributed by atoms with Gasteiger partial charge >= 0.3 is 22.2 Å². The summed E-state index contributed by atoms with van der Waals surface area (Å²) < 4.78 is 56.7. The lowest BCUT2D eigenvalue weighted by atomic mass is 11.0. The molecule has 60 valence electrons. The molecule has 0 bridgehead atoms. The summed E-state index contributed by atoms with van der Waals surface area (Å²) in [6.45, 7) is 0. The lowest BCUT2D eigenvalue weighted by Crippen LogP contribution is -2.00. The van der Waals surface area contributed by atoms with Gasteiger partial charge in [-0.15, -0.1) is 0 Å². The molecule has 0 aliphatic carbocycles. The quantitative estimate of drug-likeness (QED) is 0.465. The third-order valence-electron chi connectivity index (χ3n) is 0.373. The molecule has 0 aliphatic rings. The van der Waals surface area contributed by atoms with Gasteiger partial charge in [-0.05, 0) is 0 Å². The zero-order valence-electron chi connectivity index (χ0n) is 4.77. The molecular formula is C3H3F3O3S. The normalized spacial score (nSPS) is 10.8. The summed E-state index contributed by atoms with van der Waals surface area (Å²) in [6.07, 6.45) is -2.35. The number of hydrogen-bond donors (Lipinski definition) is 0. The van der Waals surface area contributed by atoms with Crippen LogP contribution in [0.5, 0.6) is 0 Å². The van der Waals surface area contributed by atoms with Gasteiger partial charge in [0.1, 0.15) is 0 Å². The van der Waals surface area contributed by atoms with Crippen molar-refractivity contribution in [3.8, 4) is 0 Å². The molecule has 0 saturated carbocycles. The van der Waals surface area contributed by atoms with Crippen molar-refractivity contribution in [2.75, 3.05) is 6.26 Å². The topological polar surface area (TPSA) is 43.4 Å². The van der Waals surface area contributed by atoms with Crippen LogP contribution in [-0.2, 0) is 14.3 Å². The van der Waals surface area contributed by atoms with Gasteiger partial charge in [-0.2, -0.15) is 21.6 Å². The first-order valence-electron chi connectivity index (χ1n) is 1.93. The van der Waals surface area contributed by atoms with Crippen molar-refractivity contribution < 1.29 is 25.8 Å². The smallest absolute Gasteiger partial charge is 0.347 e. The Labute approximate surface area is 55.2 Å². The summed E-state index contributed by atoms with van der Waals surface area (Å²) in [5, 5.41) is 0. The maximum Gasteiger partial charge on any atom is 0.354 e. The van der Waals surface area contributed by atoms with Gasteiger partial charge in [0.15, 0.2) is 0 Å². The molecule has 10 heavy (non-hydrogen) atoms. The highest BCUT2D eigenvalue weighted by molar-refractivity contribution is 7.86. The Hall–Kier alpha value is -0.720. The molecule has 0 fully saturated rings. The Morgan fingerprint density at radius 2 is 1.70 bits per heavy atom. The fourth-order valence-electron chi connectivity index (χ4n) is 0.164. The molecule has 0 amide bonds. The van der Waals surface area contributed by atoms with E-state index in [9.17, 15) is 21.6 Å². The van der Waals surface area contributed by atoms with Crippen LogP contribution in [0.4, 0.5) is 13.2 Å². The van der Waals surface area contributed by atoms with E-state index in [0.29, 0.717) is 6.26 Å². The Kier molecular flexibility index (Phi) is 2.70. The first-order chi connectivity index (χ1) is 4.33. The average Bonchev–Trinajstić information content (AvgIpc) is 1.60. The van der Waals surface area contributed by atoms with Gasteiger partial charge in [-0.3, -0.25) is 0 Å². The molecule has 0 aliphatic heterocycles. The largest absolute Gasteiger partial charge is 0.354 e. The monoisotopic (exact) mass is 176 g/mol. The maximum absolute atomic E-state index is 11.5. The van der Waals surface area contributed by atoms with Crippen molar-refractivity contribution >= 4 is 10.1 Å². The Morgan fingerprint density at radius 1 is 1.30 bits per heavy atom. The van der Waals surface area contributed by atoms with Crippen LogP contribution in [0.2, 0.25) is 0 Å². The van der Waals surface area contributed by atoms with Gasteiger partial charge in [0.25, 0.3) is 0 Å². The maximum atomic E-state index is 11.5. The van der Waals surface area contributed by atoms with E-state index in [2.05, 4.69) is 4.18 Å². The zero-order chi connectivity index (χ0) is 8.36. The molecule has 0 N–H and O–H groups in total. The minimum atomic E-state index is -4.18. The third-order valence-corrected chi connectivity index (χ3v) is 0.822. The highest BCUT2D eigenvalue weighted by Crippen LogP contribution is 2.12. The summed E-state index contributed by atoms with van der Waals surface area (Å²) in [5.74, 6) is 0. The second-order valence-corrected chi connectivity index (χ2v) is 2.90. The molecule has 0 aromatic rings. The number of rotatable bonds is 2. The van der Waals surface area contributed by atoms with E-state index in [4.69, 9.17) is 0 Å². The molecule has 3 nitrogen and oxygen atoms in total. The van der Waals surface area contributed by atoms with Gasteiger partial charge in [-0.25, -0.2) is 0 Å². The summed E-state index contributed by atoms with van der Waals surface area (Å²) >= 11 is 0. The van der Waals surface area contributed by atoms with Crippen molar-refractivity contribution in [3.63, 3.8) is 0 Å². The Morgan fingerprint density at radius 3 is 1.80 bits per heavy atom. The molecule has 0 heterocycles. The SMILES string of the molecule is CS(=O)(=O)OC(F)=C(F)F. The van der Waals surface area contributed by atoms with Crippen LogP contribution in [0.3, 0.4) is 0 Å². The van der Waals surface area contributed by atoms with Gasteiger partial charge in [-0.1, -0.05) is 0 Å². The first-order valence-corrected chi connectivity index (χ1v) is 3.75. The van der Waals surface area contributed by atoms with E-state index in [1.54, 1.807) is 0 Å². The van der Waals surface area contributed by atoms with Gasteiger partial charge in [0, 0.05) is 0 Å². The minimum Gasteiger partial charge on any atom is -0.347 e. The highest BCUT2D eigenvalue weighted by Gasteiger charge is 2.12. The van der Waals surface area contributed by atoms with Gasteiger partial charge < -0.3 is 4.18 Å². The molecule has 0 aromatic heterocycles. The fraction of sp³-hybridized carbons (Fsp3) is 0.333. The summed E-state index contributed by atoms with van der Waals surface area (Å²) in [6, 6.07) is -2.39. The molecule has 0 rings (SSSR count). The summed E-state index contributed by atoms with van der Waals surface area (Å²) in [7, 11) is -4.18. The zero-order valence-corrected chi connectivity index (χ0v) is 5.58. The van der Waals surface area contributed by atoms with Crippen molar-refractivity contribution in [1.82, 2.24) is 0 Å². The summed E-state index contributed by atoms with van der Waals surface area (Å²) in [5.41, 5.74) is 0. The van der Waals surface area contributed by atoms with Gasteiger partial charge in [0.05, 0.1) is 6.26 Å². The van der Waals surface area contributed by atoms with E-state index in [1.807, 2.05) is 0 Å². The van der Waals surface area contributed by atoms with Crippen LogP contribution in [0, 0.1) is 0 Å². The van der Waals surface area contributed by atoms with E-state index >= 15 is 0 Å². The number of hydrogen-bond acceptors (Lipinski definition) is 3. The second-order valence-electron chi connectivity index (χ2n) is 1.32. The predicted octanol–water partition coefficient (Wildman–Crippen LogP) is 0.998. The standard InChI is InChI=1S/C3H3F3O3S/c1-10(7,8)9-3(6)2(4)5/h1H3. The van der Waals surface area contributed by atoms with Gasteiger partial charge in [0.2, 0.25) is 0 Å². The molecule has 0 saturated heterocycles. The van der Waals surface area contributed by atoms with Crippen LogP contribution in [-0.4, -0.2) is 14.7 Å². The van der Waals surface area contributed by atoms with Crippen molar-refractivity contribution in [2.24, 2.45) is 0 Å². The molecule has 0 unspecified atom stereocenters. The van der Waals surface area contributed by atoms with E-state index < -0.39 is 22.2 Å². The first kappa shape index (κ1) is 9.28. The lowest BCUT2D eigenvalue weighted by Gasteiger charge is -1.95. The highest BCUT2D eigenvalue weighted by atomic mass is 32.2. The third kappa shape index (κ3) is 4.19. The van der Waals surface area contributed by atoms with Crippen LogP contribution in [0.1, 0.15) is 0 Å². The van der Waals surface area contributed by atoms with Crippen LogP contribution in [0.25, 0.3) is 0 Å². The van der Waals surface area contributed by atoms with Crippen molar-refractivity contribution in [3.05, 3.63) is 12.1 Å².